The van der Waals surface area contributed by atoms with E-state index >= 15 is 0 Å². The molecule has 25 heavy (non-hydrogen) atoms. The number of amides is 1. The second-order valence-corrected chi connectivity index (χ2v) is 6.51. The predicted molar refractivity (Wildman–Crippen MR) is 102 cm³/mol. The first-order valence-corrected chi connectivity index (χ1v) is 9.26. The highest BCUT2D eigenvalue weighted by molar-refractivity contribution is 5.91. The minimum atomic E-state index is -0.443. The van der Waals surface area contributed by atoms with Crippen molar-refractivity contribution >= 4 is 17.7 Å². The first-order chi connectivity index (χ1) is 12.0. The van der Waals surface area contributed by atoms with Gasteiger partial charge in [0.2, 0.25) is 5.91 Å². The van der Waals surface area contributed by atoms with Crippen molar-refractivity contribution in [1.29, 1.82) is 0 Å². The van der Waals surface area contributed by atoms with Crippen molar-refractivity contribution in [2.45, 2.75) is 71.3 Å². The van der Waals surface area contributed by atoms with Gasteiger partial charge in [-0.1, -0.05) is 64.0 Å². The summed E-state index contributed by atoms with van der Waals surface area (Å²) in [7, 11) is 0. The Kier molecular flexibility index (Phi) is 10.2. The van der Waals surface area contributed by atoms with Crippen LogP contribution >= 0.6 is 0 Å². The first kappa shape index (κ1) is 20.9. The molecule has 1 aromatic rings. The second-order valence-electron chi connectivity index (χ2n) is 6.51. The summed E-state index contributed by atoms with van der Waals surface area (Å²) in [6.07, 6.45) is 12.8. The third-order valence-electron chi connectivity index (χ3n) is 4.14. The number of nitrogens with one attached hydrogen (secondary N) is 1. The molecule has 0 aliphatic heterocycles. The van der Waals surface area contributed by atoms with E-state index < -0.39 is 4.92 Å². The number of non-ortho nitro benzene ring substituents is 1. The van der Waals surface area contributed by atoms with Gasteiger partial charge in [-0.15, -0.1) is 0 Å². The topological polar surface area (TPSA) is 72.2 Å². The highest BCUT2D eigenvalue weighted by Crippen LogP contribution is 2.14. The van der Waals surface area contributed by atoms with Crippen LogP contribution in [0.15, 0.2) is 30.3 Å². The summed E-state index contributed by atoms with van der Waals surface area (Å²) in [5, 5.41) is 13.7. The summed E-state index contributed by atoms with van der Waals surface area (Å²) in [4.78, 5) is 22.2. The molecule has 5 heteroatoms. The van der Waals surface area contributed by atoms with Gasteiger partial charge in [0.25, 0.3) is 5.69 Å². The summed E-state index contributed by atoms with van der Waals surface area (Å²) < 4.78 is 0. The molecule has 0 aliphatic rings. The Bertz CT molecular complexity index is 570. The standard InChI is InChI=1S/C20H30N2O3/c1-3-4-5-6-7-8-9-11-17(2)21-20(23)15-14-18-12-10-13-19(16-18)22(24)25/h10,12-17H,3-9,11H2,1-2H3,(H,21,23)/b15-14+. The molecule has 0 saturated heterocycles. The van der Waals surface area contributed by atoms with Crippen LogP contribution in [0.25, 0.3) is 6.08 Å². The van der Waals surface area contributed by atoms with Crippen molar-refractivity contribution in [3.05, 3.63) is 46.0 Å². The van der Waals surface area contributed by atoms with Crippen molar-refractivity contribution in [2.24, 2.45) is 0 Å². The monoisotopic (exact) mass is 346 g/mol. The van der Waals surface area contributed by atoms with Crippen molar-refractivity contribution in [2.75, 3.05) is 0 Å². The molecular formula is C20H30N2O3. The lowest BCUT2D eigenvalue weighted by molar-refractivity contribution is -0.384. The van der Waals surface area contributed by atoms with Crippen LogP contribution < -0.4 is 5.32 Å². The minimum Gasteiger partial charge on any atom is -0.350 e. The molecule has 1 aromatic carbocycles. The Morgan fingerprint density at radius 3 is 2.56 bits per heavy atom. The number of unbranched alkanes of at least 4 members (excludes halogenated alkanes) is 6. The van der Waals surface area contributed by atoms with Gasteiger partial charge in [-0.05, 0) is 25.0 Å². The molecule has 0 radical (unpaired) electrons. The average molecular weight is 346 g/mol. The molecule has 1 atom stereocenters. The SMILES string of the molecule is CCCCCCCCCC(C)NC(=O)/C=C/c1cccc([N+](=O)[O-])c1. The van der Waals surface area contributed by atoms with Crippen LogP contribution in [0, 0.1) is 10.1 Å². The number of carbonyl (C=O) groups is 1. The maximum absolute atomic E-state index is 11.9. The van der Waals surface area contributed by atoms with Crippen LogP contribution in [0.5, 0.6) is 0 Å². The molecule has 5 nitrogen and oxygen atoms in total. The van der Waals surface area contributed by atoms with Crippen molar-refractivity contribution in [3.8, 4) is 0 Å². The predicted octanol–water partition coefficient (Wildman–Crippen LogP) is 5.25. The van der Waals surface area contributed by atoms with E-state index in [4.69, 9.17) is 0 Å². The summed E-state index contributed by atoms with van der Waals surface area (Å²) >= 11 is 0. The number of rotatable bonds is 12. The fourth-order valence-electron chi connectivity index (χ4n) is 2.68. The van der Waals surface area contributed by atoms with Gasteiger partial charge in [0.1, 0.15) is 0 Å². The van der Waals surface area contributed by atoms with Crippen LogP contribution in [0.2, 0.25) is 0 Å². The van der Waals surface area contributed by atoms with Crippen LogP contribution in [0.1, 0.15) is 70.8 Å². The average Bonchev–Trinajstić information content (AvgIpc) is 2.59. The van der Waals surface area contributed by atoms with E-state index in [1.165, 1.54) is 56.7 Å². The Morgan fingerprint density at radius 2 is 1.88 bits per heavy atom. The number of hydrogen-bond donors (Lipinski definition) is 1. The van der Waals surface area contributed by atoms with E-state index in [1.807, 2.05) is 6.92 Å². The summed E-state index contributed by atoms with van der Waals surface area (Å²) in [5.74, 6) is -0.165. The van der Waals surface area contributed by atoms with E-state index in [9.17, 15) is 14.9 Å². The number of nitro benzene ring substituents is 1. The molecule has 0 bridgehead atoms. The first-order valence-electron chi connectivity index (χ1n) is 9.26. The molecule has 1 N–H and O–H groups in total. The van der Waals surface area contributed by atoms with Gasteiger partial charge in [0, 0.05) is 24.3 Å². The van der Waals surface area contributed by atoms with E-state index in [2.05, 4.69) is 12.2 Å². The highest BCUT2D eigenvalue weighted by Gasteiger charge is 2.06. The molecule has 1 amide bonds. The molecule has 0 aromatic heterocycles. The maximum Gasteiger partial charge on any atom is 0.270 e. The summed E-state index contributed by atoms with van der Waals surface area (Å²) in [6.45, 7) is 4.23. The lowest BCUT2D eigenvalue weighted by Crippen LogP contribution is -2.30. The Morgan fingerprint density at radius 1 is 1.20 bits per heavy atom. The van der Waals surface area contributed by atoms with Crippen molar-refractivity contribution < 1.29 is 9.72 Å². The zero-order valence-corrected chi connectivity index (χ0v) is 15.4. The highest BCUT2D eigenvalue weighted by atomic mass is 16.6. The lowest BCUT2D eigenvalue weighted by Gasteiger charge is -2.12. The number of hydrogen-bond acceptors (Lipinski definition) is 3. The van der Waals surface area contributed by atoms with Gasteiger partial charge in [-0.3, -0.25) is 14.9 Å². The fourth-order valence-corrected chi connectivity index (χ4v) is 2.68. The number of nitro groups is 1. The van der Waals surface area contributed by atoms with E-state index in [0.29, 0.717) is 5.56 Å². The van der Waals surface area contributed by atoms with Gasteiger partial charge in [0.05, 0.1) is 4.92 Å². The maximum atomic E-state index is 11.9. The Balaban J connectivity index is 2.26. The van der Waals surface area contributed by atoms with Gasteiger partial charge in [0.15, 0.2) is 0 Å². The molecule has 0 heterocycles. The van der Waals surface area contributed by atoms with Crippen molar-refractivity contribution in [1.82, 2.24) is 5.32 Å². The zero-order valence-electron chi connectivity index (χ0n) is 15.4. The smallest absolute Gasteiger partial charge is 0.270 e. The van der Waals surface area contributed by atoms with Crippen LogP contribution in [-0.2, 0) is 4.79 Å². The Labute approximate surface area is 150 Å². The largest absolute Gasteiger partial charge is 0.350 e. The van der Waals surface area contributed by atoms with E-state index in [1.54, 1.807) is 18.2 Å². The molecule has 0 aliphatic carbocycles. The molecule has 138 valence electrons. The van der Waals surface area contributed by atoms with Gasteiger partial charge < -0.3 is 5.32 Å². The molecule has 0 spiro atoms. The molecule has 0 saturated carbocycles. The number of carbonyl (C=O) groups excluding carboxylic acids is 1. The van der Waals surface area contributed by atoms with Crippen molar-refractivity contribution in [3.63, 3.8) is 0 Å². The number of nitrogens with zero attached hydrogens (tertiary/aromatic N) is 1. The quantitative estimate of drug-likeness (QED) is 0.243. The van der Waals surface area contributed by atoms with Gasteiger partial charge in [-0.25, -0.2) is 0 Å². The molecule has 1 unspecified atom stereocenters. The number of benzene rings is 1. The molecular weight excluding hydrogens is 316 g/mol. The molecule has 1 rings (SSSR count). The summed E-state index contributed by atoms with van der Waals surface area (Å²) in [6, 6.07) is 6.36. The summed E-state index contributed by atoms with van der Waals surface area (Å²) in [5.41, 5.74) is 0.666. The van der Waals surface area contributed by atoms with Crippen LogP contribution in [0.3, 0.4) is 0 Å². The third-order valence-corrected chi connectivity index (χ3v) is 4.14. The third kappa shape index (κ3) is 9.65. The van der Waals surface area contributed by atoms with Crippen LogP contribution in [-0.4, -0.2) is 16.9 Å². The van der Waals surface area contributed by atoms with Crippen LogP contribution in [0.4, 0.5) is 5.69 Å². The van der Waals surface area contributed by atoms with E-state index in [-0.39, 0.29) is 17.6 Å². The Hall–Kier alpha value is -2.17. The molecule has 0 fully saturated rings. The second kappa shape index (κ2) is 12.2. The van der Waals surface area contributed by atoms with E-state index in [0.717, 1.165) is 12.8 Å². The zero-order chi connectivity index (χ0) is 18.5. The fraction of sp³-hybridized carbons (Fsp3) is 0.550. The van der Waals surface area contributed by atoms with Gasteiger partial charge in [-0.2, -0.15) is 0 Å². The normalized spacial score (nSPS) is 12.2. The lowest BCUT2D eigenvalue weighted by atomic mass is 10.1. The van der Waals surface area contributed by atoms with Gasteiger partial charge >= 0.3 is 0 Å². The minimum absolute atomic E-state index is 0.0230.